The van der Waals surface area contributed by atoms with Crippen LogP contribution in [-0.4, -0.2) is 64.5 Å². The Morgan fingerprint density at radius 2 is 1.34 bits per heavy atom. The molecule has 0 atom stereocenters. The Bertz CT molecular complexity index is 912. The van der Waals surface area contributed by atoms with Gasteiger partial charge in [-0.15, -0.1) is 0 Å². The smallest absolute Gasteiger partial charge is 0.257 e. The summed E-state index contributed by atoms with van der Waals surface area (Å²) >= 11 is 0. The molecule has 1 aromatic heterocycles. The number of imide groups is 1. The third-order valence-corrected chi connectivity index (χ3v) is 5.32. The Morgan fingerprint density at radius 3 is 1.86 bits per heavy atom. The summed E-state index contributed by atoms with van der Waals surface area (Å²) in [5.41, 5.74) is 1.86. The van der Waals surface area contributed by atoms with Gasteiger partial charge in [0.25, 0.3) is 11.8 Å². The van der Waals surface area contributed by atoms with Gasteiger partial charge < -0.3 is 14.2 Å². The first-order chi connectivity index (χ1) is 14.0. The van der Waals surface area contributed by atoms with Crippen LogP contribution in [0.3, 0.4) is 0 Å². The number of piperazine rings is 1. The van der Waals surface area contributed by atoms with Crippen LogP contribution in [0.15, 0.2) is 47.3 Å². The van der Waals surface area contributed by atoms with Gasteiger partial charge >= 0.3 is 0 Å². The van der Waals surface area contributed by atoms with Crippen molar-refractivity contribution in [1.82, 2.24) is 14.7 Å². The molecule has 0 N–H and O–H groups in total. The molecule has 0 radical (unpaired) electrons. The Balaban J connectivity index is 1.33. The van der Waals surface area contributed by atoms with Crippen molar-refractivity contribution < 1.29 is 23.6 Å². The first-order valence-electron chi connectivity index (χ1n) is 9.56. The van der Waals surface area contributed by atoms with E-state index in [1.165, 1.54) is 17.4 Å². The van der Waals surface area contributed by atoms with Gasteiger partial charge in [-0.2, -0.15) is 0 Å². The molecule has 2 aliphatic rings. The highest BCUT2D eigenvalue weighted by Crippen LogP contribution is 2.17. The maximum Gasteiger partial charge on any atom is 0.257 e. The van der Waals surface area contributed by atoms with Gasteiger partial charge in [0, 0.05) is 44.6 Å². The Morgan fingerprint density at radius 1 is 0.793 bits per heavy atom. The zero-order valence-corrected chi connectivity index (χ0v) is 15.9. The van der Waals surface area contributed by atoms with E-state index in [-0.39, 0.29) is 43.0 Å². The molecule has 2 saturated heterocycles. The normalized spacial score (nSPS) is 17.2. The highest BCUT2D eigenvalue weighted by molar-refractivity contribution is 6.02. The second-order valence-corrected chi connectivity index (χ2v) is 7.17. The molecule has 2 aromatic rings. The number of furan rings is 1. The van der Waals surface area contributed by atoms with Gasteiger partial charge in [-0.25, -0.2) is 0 Å². The van der Waals surface area contributed by atoms with E-state index >= 15 is 0 Å². The second-order valence-electron chi connectivity index (χ2n) is 7.17. The summed E-state index contributed by atoms with van der Waals surface area (Å²) in [6.45, 7) is 2.09. The molecule has 4 amide bonds. The van der Waals surface area contributed by atoms with Crippen LogP contribution in [-0.2, 0) is 16.1 Å². The molecule has 0 spiro atoms. The molecule has 4 rings (SSSR count). The van der Waals surface area contributed by atoms with Crippen LogP contribution in [0.5, 0.6) is 0 Å². The average Bonchev–Trinajstić information content (AvgIpc) is 3.40. The van der Waals surface area contributed by atoms with Gasteiger partial charge in [0.05, 0.1) is 18.4 Å². The van der Waals surface area contributed by atoms with Crippen LogP contribution >= 0.6 is 0 Å². The van der Waals surface area contributed by atoms with E-state index in [1.807, 2.05) is 0 Å². The predicted molar refractivity (Wildman–Crippen MR) is 102 cm³/mol. The molecule has 1 aromatic carbocycles. The minimum absolute atomic E-state index is 0.0961. The lowest BCUT2D eigenvalue weighted by molar-refractivity contribution is -0.139. The lowest BCUT2D eigenvalue weighted by atomic mass is 10.1. The summed E-state index contributed by atoms with van der Waals surface area (Å²) in [4.78, 5) is 53.3. The van der Waals surface area contributed by atoms with Crippen molar-refractivity contribution in [3.05, 3.63) is 59.5 Å². The number of carbonyl (C=O) groups excluding carboxylic acids is 4. The van der Waals surface area contributed by atoms with Crippen molar-refractivity contribution in [2.75, 3.05) is 26.2 Å². The summed E-state index contributed by atoms with van der Waals surface area (Å²) in [5.74, 6) is -0.502. The first kappa shape index (κ1) is 18.9. The van der Waals surface area contributed by atoms with Gasteiger partial charge in [0.15, 0.2) is 0 Å². The van der Waals surface area contributed by atoms with E-state index < -0.39 is 0 Å². The highest BCUT2D eigenvalue weighted by atomic mass is 16.3. The molecular weight excluding hydrogens is 374 g/mol. The second kappa shape index (κ2) is 7.90. The molecule has 2 fully saturated rings. The van der Waals surface area contributed by atoms with Crippen molar-refractivity contribution in [3.63, 3.8) is 0 Å². The summed E-state index contributed by atoms with van der Waals surface area (Å²) in [6.07, 6.45) is 3.42. The number of hydrogen-bond acceptors (Lipinski definition) is 5. The average molecular weight is 395 g/mol. The first-order valence-corrected chi connectivity index (χ1v) is 9.56. The lowest BCUT2D eigenvalue weighted by Gasteiger charge is -2.34. The SMILES string of the molecule is O=C(c1ccc(CN2C(=O)CCC2=O)cc1)N1CCN(C(=O)c2ccoc2)CC1. The van der Waals surface area contributed by atoms with Gasteiger partial charge in [-0.1, -0.05) is 12.1 Å². The molecule has 3 heterocycles. The number of rotatable bonds is 4. The zero-order valence-electron chi connectivity index (χ0n) is 15.9. The van der Waals surface area contributed by atoms with Crippen molar-refractivity contribution in [3.8, 4) is 0 Å². The Kier molecular flexibility index (Phi) is 5.16. The summed E-state index contributed by atoms with van der Waals surface area (Å²) < 4.78 is 4.95. The minimum atomic E-state index is -0.155. The largest absolute Gasteiger partial charge is 0.472 e. The van der Waals surface area contributed by atoms with Crippen molar-refractivity contribution in [1.29, 1.82) is 0 Å². The van der Waals surface area contributed by atoms with E-state index in [1.54, 1.807) is 40.1 Å². The van der Waals surface area contributed by atoms with Crippen LogP contribution in [0.25, 0.3) is 0 Å². The molecule has 8 nitrogen and oxygen atoms in total. The number of nitrogens with zero attached hydrogens (tertiary/aromatic N) is 3. The standard InChI is InChI=1S/C21H21N3O5/c25-18-5-6-19(26)24(18)13-15-1-3-16(4-2-15)20(27)22-8-10-23(11-9-22)21(28)17-7-12-29-14-17/h1-4,7,12,14H,5-6,8-11,13H2. The number of carbonyl (C=O) groups is 4. The Hall–Kier alpha value is -3.42. The van der Waals surface area contributed by atoms with E-state index in [4.69, 9.17) is 4.42 Å². The summed E-state index contributed by atoms with van der Waals surface area (Å²) in [6, 6.07) is 8.59. The fraction of sp³-hybridized carbons (Fsp3) is 0.333. The van der Waals surface area contributed by atoms with Crippen LogP contribution in [0.4, 0.5) is 0 Å². The van der Waals surface area contributed by atoms with Crippen LogP contribution < -0.4 is 0 Å². The highest BCUT2D eigenvalue weighted by Gasteiger charge is 2.29. The zero-order chi connectivity index (χ0) is 20.4. The van der Waals surface area contributed by atoms with E-state index in [0.717, 1.165) is 5.56 Å². The third-order valence-electron chi connectivity index (χ3n) is 5.32. The topological polar surface area (TPSA) is 91.1 Å². The number of amides is 4. The molecule has 150 valence electrons. The fourth-order valence-electron chi connectivity index (χ4n) is 3.60. The van der Waals surface area contributed by atoms with Gasteiger partial charge in [-0.3, -0.25) is 24.1 Å². The minimum Gasteiger partial charge on any atom is -0.472 e. The summed E-state index contributed by atoms with van der Waals surface area (Å²) in [7, 11) is 0. The predicted octanol–water partition coefficient (Wildman–Crippen LogP) is 1.53. The van der Waals surface area contributed by atoms with E-state index in [2.05, 4.69) is 0 Å². The molecule has 0 bridgehead atoms. The molecule has 8 heteroatoms. The van der Waals surface area contributed by atoms with E-state index in [9.17, 15) is 19.2 Å². The fourth-order valence-corrected chi connectivity index (χ4v) is 3.60. The third kappa shape index (κ3) is 3.91. The molecular formula is C21H21N3O5. The van der Waals surface area contributed by atoms with Crippen LogP contribution in [0.1, 0.15) is 39.1 Å². The summed E-state index contributed by atoms with van der Waals surface area (Å²) in [5, 5.41) is 0. The number of hydrogen-bond donors (Lipinski definition) is 0. The van der Waals surface area contributed by atoms with Gasteiger partial charge in [0.1, 0.15) is 6.26 Å². The number of likely N-dealkylation sites (tertiary alicyclic amines) is 1. The molecule has 0 unspecified atom stereocenters. The molecule has 0 aliphatic carbocycles. The van der Waals surface area contributed by atoms with Crippen molar-refractivity contribution in [2.45, 2.75) is 19.4 Å². The van der Waals surface area contributed by atoms with Crippen molar-refractivity contribution in [2.24, 2.45) is 0 Å². The molecule has 2 aliphatic heterocycles. The lowest BCUT2D eigenvalue weighted by Crippen LogP contribution is -2.50. The maximum atomic E-state index is 12.8. The number of benzene rings is 1. The van der Waals surface area contributed by atoms with Crippen LogP contribution in [0, 0.1) is 0 Å². The monoisotopic (exact) mass is 395 g/mol. The van der Waals surface area contributed by atoms with Gasteiger partial charge in [0.2, 0.25) is 11.8 Å². The van der Waals surface area contributed by atoms with Crippen LogP contribution in [0.2, 0.25) is 0 Å². The van der Waals surface area contributed by atoms with Crippen molar-refractivity contribution >= 4 is 23.6 Å². The van der Waals surface area contributed by atoms with E-state index in [0.29, 0.717) is 37.3 Å². The molecule has 0 saturated carbocycles. The maximum absolute atomic E-state index is 12.8. The Labute approximate surface area is 167 Å². The van der Waals surface area contributed by atoms with Gasteiger partial charge in [-0.05, 0) is 23.8 Å². The molecule has 29 heavy (non-hydrogen) atoms. The quantitative estimate of drug-likeness (QED) is 0.732.